The number of benzene rings is 1. The van der Waals surface area contributed by atoms with Gasteiger partial charge in [-0.2, -0.15) is 0 Å². The molecule has 0 unspecified atom stereocenters. The summed E-state index contributed by atoms with van der Waals surface area (Å²) in [5.41, 5.74) is 8.17. The Kier molecular flexibility index (Phi) is 2.83. The van der Waals surface area contributed by atoms with Gasteiger partial charge in [-0.3, -0.25) is 4.98 Å². The van der Waals surface area contributed by atoms with Crippen LogP contribution in [0.25, 0.3) is 10.9 Å². The third-order valence-corrected chi connectivity index (χ3v) is 4.10. The molecule has 1 aliphatic carbocycles. The molecule has 0 saturated heterocycles. The lowest BCUT2D eigenvalue weighted by Gasteiger charge is -2.13. The van der Waals surface area contributed by atoms with E-state index in [0.29, 0.717) is 0 Å². The molecule has 0 bridgehead atoms. The first-order valence-corrected chi connectivity index (χ1v) is 6.77. The Morgan fingerprint density at radius 3 is 2.72 bits per heavy atom. The van der Waals surface area contributed by atoms with E-state index in [4.69, 9.17) is 4.98 Å². The highest BCUT2D eigenvalue weighted by molar-refractivity contribution is 5.85. The van der Waals surface area contributed by atoms with E-state index in [0.717, 1.165) is 13.0 Å². The van der Waals surface area contributed by atoms with Gasteiger partial charge < -0.3 is 5.32 Å². The maximum Gasteiger partial charge on any atom is 0.0711 e. The van der Waals surface area contributed by atoms with Crippen LogP contribution in [0.15, 0.2) is 12.1 Å². The van der Waals surface area contributed by atoms with Crippen molar-refractivity contribution in [2.45, 2.75) is 39.7 Å². The van der Waals surface area contributed by atoms with Gasteiger partial charge in [0.1, 0.15) is 0 Å². The van der Waals surface area contributed by atoms with Gasteiger partial charge in [0.25, 0.3) is 0 Å². The van der Waals surface area contributed by atoms with Crippen molar-refractivity contribution in [2.24, 2.45) is 0 Å². The van der Waals surface area contributed by atoms with Crippen LogP contribution in [0.4, 0.5) is 0 Å². The number of hydrogen-bond donors (Lipinski definition) is 1. The highest BCUT2D eigenvalue weighted by atomic mass is 14.8. The summed E-state index contributed by atoms with van der Waals surface area (Å²) in [6.45, 7) is 5.30. The van der Waals surface area contributed by atoms with E-state index in [1.807, 2.05) is 7.05 Å². The lowest BCUT2D eigenvalue weighted by Crippen LogP contribution is -2.09. The Labute approximate surface area is 108 Å². The first kappa shape index (κ1) is 11.7. The Balaban J connectivity index is 2.34. The fourth-order valence-electron chi connectivity index (χ4n) is 3.00. The summed E-state index contributed by atoms with van der Waals surface area (Å²) in [6.07, 6.45) is 3.60. The molecule has 1 N–H and O–H groups in total. The van der Waals surface area contributed by atoms with Crippen molar-refractivity contribution in [2.75, 3.05) is 7.05 Å². The van der Waals surface area contributed by atoms with Gasteiger partial charge in [-0.1, -0.05) is 0 Å². The smallest absolute Gasteiger partial charge is 0.0711 e. The minimum absolute atomic E-state index is 0.948. The van der Waals surface area contributed by atoms with Gasteiger partial charge in [0.15, 0.2) is 0 Å². The van der Waals surface area contributed by atoms with Gasteiger partial charge in [0.2, 0.25) is 0 Å². The van der Waals surface area contributed by atoms with Crippen molar-refractivity contribution in [3.8, 4) is 0 Å². The van der Waals surface area contributed by atoms with E-state index in [1.165, 1.54) is 51.7 Å². The van der Waals surface area contributed by atoms with Crippen molar-refractivity contribution in [1.82, 2.24) is 10.3 Å². The molecule has 0 radical (unpaired) electrons. The number of fused-ring (bicyclic) bond motifs is 2. The molecule has 0 aliphatic heterocycles. The molecule has 2 nitrogen and oxygen atoms in total. The Bertz CT molecular complexity index is 614. The predicted molar refractivity (Wildman–Crippen MR) is 76.0 cm³/mol. The van der Waals surface area contributed by atoms with E-state index < -0.39 is 0 Å². The van der Waals surface area contributed by atoms with Crippen LogP contribution in [0.2, 0.25) is 0 Å². The Morgan fingerprint density at radius 1 is 1.17 bits per heavy atom. The summed E-state index contributed by atoms with van der Waals surface area (Å²) in [4.78, 5) is 4.87. The number of pyridine rings is 1. The Morgan fingerprint density at radius 2 is 1.94 bits per heavy atom. The molecule has 0 saturated carbocycles. The summed E-state index contributed by atoms with van der Waals surface area (Å²) >= 11 is 0. The fourth-order valence-corrected chi connectivity index (χ4v) is 3.00. The van der Waals surface area contributed by atoms with Crippen LogP contribution in [-0.2, 0) is 19.4 Å². The average molecular weight is 240 g/mol. The van der Waals surface area contributed by atoms with Crippen molar-refractivity contribution in [1.29, 1.82) is 0 Å². The van der Waals surface area contributed by atoms with Gasteiger partial charge in [0.05, 0.1) is 5.52 Å². The van der Waals surface area contributed by atoms with Crippen LogP contribution in [-0.4, -0.2) is 12.0 Å². The van der Waals surface area contributed by atoms with Gasteiger partial charge >= 0.3 is 0 Å². The summed E-state index contributed by atoms with van der Waals surface area (Å²) in [5, 5.41) is 4.65. The molecule has 0 fully saturated rings. The van der Waals surface area contributed by atoms with Crippen LogP contribution in [0.1, 0.15) is 34.4 Å². The standard InChI is InChI=1S/C16H20N2/c1-10-7-13-14(9-17-3)12-5-4-6-15(12)18-16(13)8-11(10)2/h7-8,17H,4-6,9H2,1-3H3. The molecule has 0 spiro atoms. The van der Waals surface area contributed by atoms with Crippen LogP contribution in [0.3, 0.4) is 0 Å². The third-order valence-electron chi connectivity index (χ3n) is 4.10. The molecule has 94 valence electrons. The number of hydrogen-bond acceptors (Lipinski definition) is 2. The first-order valence-electron chi connectivity index (χ1n) is 6.77. The zero-order chi connectivity index (χ0) is 12.7. The Hall–Kier alpha value is -1.41. The molecule has 1 heterocycles. The molecule has 0 amide bonds. The van der Waals surface area contributed by atoms with E-state index in [2.05, 4.69) is 31.3 Å². The summed E-state index contributed by atoms with van der Waals surface area (Å²) in [5.74, 6) is 0. The summed E-state index contributed by atoms with van der Waals surface area (Å²) in [6, 6.07) is 4.55. The van der Waals surface area contributed by atoms with Gasteiger partial charge in [-0.15, -0.1) is 0 Å². The van der Waals surface area contributed by atoms with Crippen LogP contribution in [0, 0.1) is 13.8 Å². The largest absolute Gasteiger partial charge is 0.316 e. The van der Waals surface area contributed by atoms with E-state index in [-0.39, 0.29) is 0 Å². The fraction of sp³-hybridized carbons (Fsp3) is 0.438. The zero-order valence-electron chi connectivity index (χ0n) is 11.4. The number of aryl methyl sites for hydroxylation is 3. The van der Waals surface area contributed by atoms with Crippen molar-refractivity contribution >= 4 is 10.9 Å². The second kappa shape index (κ2) is 4.36. The second-order valence-corrected chi connectivity index (χ2v) is 5.35. The van der Waals surface area contributed by atoms with Gasteiger partial charge in [-0.05, 0) is 74.5 Å². The molecule has 2 aromatic rings. The van der Waals surface area contributed by atoms with Crippen molar-refractivity contribution in [3.05, 3.63) is 40.1 Å². The highest BCUT2D eigenvalue weighted by Crippen LogP contribution is 2.31. The molecule has 1 aromatic heterocycles. The average Bonchev–Trinajstić information content (AvgIpc) is 2.79. The van der Waals surface area contributed by atoms with Gasteiger partial charge in [-0.25, -0.2) is 0 Å². The molecule has 2 heteroatoms. The first-order chi connectivity index (χ1) is 8.70. The third kappa shape index (κ3) is 1.72. The minimum Gasteiger partial charge on any atom is -0.316 e. The molecular weight excluding hydrogens is 220 g/mol. The topological polar surface area (TPSA) is 24.9 Å². The molecule has 0 atom stereocenters. The number of nitrogens with one attached hydrogen (secondary N) is 1. The molecule has 3 rings (SSSR count). The summed E-state index contributed by atoms with van der Waals surface area (Å²) in [7, 11) is 2.02. The minimum atomic E-state index is 0.948. The molecule has 18 heavy (non-hydrogen) atoms. The molecule has 1 aromatic carbocycles. The van der Waals surface area contributed by atoms with Gasteiger partial charge in [0, 0.05) is 17.6 Å². The number of nitrogens with zero attached hydrogens (tertiary/aromatic N) is 1. The lowest BCUT2D eigenvalue weighted by atomic mass is 9.98. The number of rotatable bonds is 2. The maximum atomic E-state index is 4.87. The molecule has 1 aliphatic rings. The van der Waals surface area contributed by atoms with Crippen molar-refractivity contribution in [3.63, 3.8) is 0 Å². The monoisotopic (exact) mass is 240 g/mol. The zero-order valence-corrected chi connectivity index (χ0v) is 11.4. The van der Waals surface area contributed by atoms with Crippen LogP contribution < -0.4 is 5.32 Å². The lowest BCUT2D eigenvalue weighted by molar-refractivity contribution is 0.809. The maximum absolute atomic E-state index is 4.87. The van der Waals surface area contributed by atoms with Crippen LogP contribution >= 0.6 is 0 Å². The highest BCUT2D eigenvalue weighted by Gasteiger charge is 2.19. The van der Waals surface area contributed by atoms with E-state index in [9.17, 15) is 0 Å². The number of aromatic nitrogens is 1. The summed E-state index contributed by atoms with van der Waals surface area (Å²) < 4.78 is 0. The SMILES string of the molecule is CNCc1c2c(nc3cc(C)c(C)cc13)CCC2. The second-order valence-electron chi connectivity index (χ2n) is 5.35. The normalized spacial score (nSPS) is 14.2. The van der Waals surface area contributed by atoms with Crippen molar-refractivity contribution < 1.29 is 0 Å². The van der Waals surface area contributed by atoms with E-state index >= 15 is 0 Å². The molecular formula is C16H20N2. The predicted octanol–water partition coefficient (Wildman–Crippen LogP) is 3.06. The van der Waals surface area contributed by atoms with E-state index in [1.54, 1.807) is 0 Å². The quantitative estimate of drug-likeness (QED) is 0.872. The van der Waals surface area contributed by atoms with Crippen LogP contribution in [0.5, 0.6) is 0 Å².